The van der Waals surface area contributed by atoms with Gasteiger partial charge in [0.15, 0.2) is 0 Å². The Hall–Kier alpha value is -0.190. The molecule has 0 fully saturated rings. The molecule has 2 nitrogen and oxygen atoms in total. The highest BCUT2D eigenvalue weighted by Crippen LogP contribution is 2.20. The zero-order valence-electron chi connectivity index (χ0n) is 9.83. The summed E-state index contributed by atoms with van der Waals surface area (Å²) in [4.78, 5) is 15.2. The number of hydrogen-bond donors (Lipinski definition) is 0. The lowest BCUT2D eigenvalue weighted by Crippen LogP contribution is -2.26. The molecule has 0 aliphatic rings. The zero-order valence-corrected chi connectivity index (χ0v) is 12.2. The lowest BCUT2D eigenvalue weighted by atomic mass is 10.2. The van der Waals surface area contributed by atoms with Gasteiger partial charge in [0.2, 0.25) is 0 Å². The molecule has 90 valence electrons. The number of rotatable bonds is 7. The molecule has 0 atom stereocenters. The van der Waals surface area contributed by atoms with Crippen LogP contribution < -0.4 is 0 Å². The Morgan fingerprint density at radius 1 is 1.44 bits per heavy atom. The third kappa shape index (κ3) is 4.76. The van der Waals surface area contributed by atoms with E-state index in [1.165, 1.54) is 0 Å². The third-order valence-electron chi connectivity index (χ3n) is 2.59. The quantitative estimate of drug-likeness (QED) is 0.770. The van der Waals surface area contributed by atoms with Gasteiger partial charge in [-0.2, -0.15) is 0 Å². The molecule has 0 aliphatic heterocycles. The van der Waals surface area contributed by atoms with Crippen molar-refractivity contribution >= 4 is 33.0 Å². The number of carbonyl (C=O) groups excluding carboxylic acids is 1. The fourth-order valence-electron chi connectivity index (χ4n) is 1.55. The van der Waals surface area contributed by atoms with Crippen LogP contribution in [-0.4, -0.2) is 30.3 Å². The van der Waals surface area contributed by atoms with Gasteiger partial charge in [-0.3, -0.25) is 4.79 Å². The van der Waals surface area contributed by atoms with Crippen LogP contribution in [-0.2, 0) is 11.2 Å². The maximum atomic E-state index is 11.7. The minimum absolute atomic E-state index is 0.334. The number of hydrogen-bond acceptors (Lipinski definition) is 3. The number of Topliss-reactive ketones (excluding diaryl/α,β-unsaturated/α-hetero) is 1. The van der Waals surface area contributed by atoms with Gasteiger partial charge in [-0.05, 0) is 35.1 Å². The molecule has 0 aliphatic carbocycles. The Bertz CT molecular complexity index is 334. The van der Waals surface area contributed by atoms with E-state index < -0.39 is 0 Å². The molecule has 1 heterocycles. The predicted octanol–water partition coefficient (Wildman–Crippen LogP) is 3.35. The van der Waals surface area contributed by atoms with E-state index in [0.717, 1.165) is 29.0 Å². The number of carbonyl (C=O) groups is 1. The second-order valence-corrected chi connectivity index (χ2v) is 5.64. The molecule has 4 heteroatoms. The number of ketones is 1. The molecular formula is C12H18BrNOS. The van der Waals surface area contributed by atoms with E-state index in [1.807, 2.05) is 11.4 Å². The Balaban J connectivity index is 2.31. The molecule has 0 aromatic carbocycles. The first-order valence-electron chi connectivity index (χ1n) is 5.62. The van der Waals surface area contributed by atoms with Gasteiger partial charge >= 0.3 is 0 Å². The first-order chi connectivity index (χ1) is 7.65. The van der Waals surface area contributed by atoms with E-state index >= 15 is 0 Å². The summed E-state index contributed by atoms with van der Waals surface area (Å²) in [6.07, 6.45) is 1.24. The van der Waals surface area contributed by atoms with Crippen molar-refractivity contribution in [2.45, 2.75) is 26.7 Å². The highest BCUT2D eigenvalue weighted by molar-refractivity contribution is 9.10. The summed E-state index contributed by atoms with van der Waals surface area (Å²) >= 11 is 5.04. The number of nitrogens with zero attached hydrogens (tertiary/aromatic N) is 1. The molecule has 0 amide bonds. The van der Waals surface area contributed by atoms with Crippen molar-refractivity contribution < 1.29 is 4.79 Å². The number of thiophene rings is 1. The zero-order chi connectivity index (χ0) is 12.0. The topological polar surface area (TPSA) is 20.3 Å². The fourth-order valence-corrected chi connectivity index (χ4v) is 3.03. The van der Waals surface area contributed by atoms with Gasteiger partial charge in [0.05, 0.1) is 0 Å². The maximum Gasteiger partial charge on any atom is 0.139 e. The molecule has 0 bridgehead atoms. The van der Waals surface area contributed by atoms with Crippen LogP contribution in [0.3, 0.4) is 0 Å². The van der Waals surface area contributed by atoms with Crippen molar-refractivity contribution in [3.63, 3.8) is 0 Å². The summed E-state index contributed by atoms with van der Waals surface area (Å²) in [5.74, 6) is 0.334. The second kappa shape index (κ2) is 7.20. The van der Waals surface area contributed by atoms with Crippen molar-refractivity contribution in [3.05, 3.63) is 20.8 Å². The van der Waals surface area contributed by atoms with Crippen LogP contribution in [0.15, 0.2) is 15.9 Å². The van der Waals surface area contributed by atoms with E-state index in [4.69, 9.17) is 0 Å². The van der Waals surface area contributed by atoms with E-state index in [0.29, 0.717) is 18.6 Å². The highest BCUT2D eigenvalue weighted by atomic mass is 79.9. The molecule has 0 saturated heterocycles. The van der Waals surface area contributed by atoms with Gasteiger partial charge in [0, 0.05) is 34.1 Å². The van der Waals surface area contributed by atoms with Crippen LogP contribution in [0.1, 0.15) is 25.1 Å². The molecular weight excluding hydrogens is 286 g/mol. The fraction of sp³-hybridized carbons (Fsp3) is 0.583. The molecule has 1 aromatic heterocycles. The van der Waals surface area contributed by atoms with Crippen LogP contribution in [0, 0.1) is 0 Å². The van der Waals surface area contributed by atoms with E-state index in [-0.39, 0.29) is 0 Å². The molecule has 1 rings (SSSR count). The lowest BCUT2D eigenvalue weighted by molar-refractivity contribution is -0.118. The smallest absolute Gasteiger partial charge is 0.139 e. The van der Waals surface area contributed by atoms with E-state index in [9.17, 15) is 4.79 Å². The molecule has 0 N–H and O–H groups in total. The van der Waals surface area contributed by atoms with Gasteiger partial charge in [0.25, 0.3) is 0 Å². The van der Waals surface area contributed by atoms with Crippen LogP contribution in [0.25, 0.3) is 0 Å². The van der Waals surface area contributed by atoms with E-state index in [2.05, 4.69) is 34.7 Å². The molecule has 1 aromatic rings. The van der Waals surface area contributed by atoms with Crippen molar-refractivity contribution in [2.24, 2.45) is 0 Å². The van der Waals surface area contributed by atoms with Crippen LogP contribution in [0.2, 0.25) is 0 Å². The number of halogens is 1. The van der Waals surface area contributed by atoms with Crippen LogP contribution in [0.5, 0.6) is 0 Å². The minimum atomic E-state index is 0.334. The summed E-state index contributed by atoms with van der Waals surface area (Å²) in [6.45, 7) is 7.19. The lowest BCUT2D eigenvalue weighted by Gasteiger charge is -2.16. The Kier molecular flexibility index (Phi) is 6.24. The maximum absolute atomic E-state index is 11.7. The summed E-state index contributed by atoms with van der Waals surface area (Å²) in [5, 5.41) is 2.02. The SMILES string of the molecule is CCN(CC)CCC(=O)Cc1cc(Br)cs1. The molecule has 0 radical (unpaired) electrons. The van der Waals surface area contributed by atoms with Gasteiger partial charge in [-0.15, -0.1) is 11.3 Å². The second-order valence-electron chi connectivity index (χ2n) is 3.72. The van der Waals surface area contributed by atoms with Gasteiger partial charge in [0.1, 0.15) is 5.78 Å². The summed E-state index contributed by atoms with van der Waals surface area (Å²) in [6, 6.07) is 2.03. The first kappa shape index (κ1) is 13.9. The van der Waals surface area contributed by atoms with Crippen molar-refractivity contribution in [3.8, 4) is 0 Å². The largest absolute Gasteiger partial charge is 0.303 e. The summed E-state index contributed by atoms with van der Waals surface area (Å²) in [7, 11) is 0. The minimum Gasteiger partial charge on any atom is -0.303 e. The Labute approximate surface area is 110 Å². The normalized spacial score (nSPS) is 11.0. The van der Waals surface area contributed by atoms with Gasteiger partial charge in [-0.25, -0.2) is 0 Å². The standard InChI is InChI=1S/C12H18BrNOS/c1-3-14(4-2)6-5-11(15)8-12-7-10(13)9-16-12/h7,9H,3-6,8H2,1-2H3. The van der Waals surface area contributed by atoms with Crippen molar-refractivity contribution in [2.75, 3.05) is 19.6 Å². The third-order valence-corrected chi connectivity index (χ3v) is 4.29. The summed E-state index contributed by atoms with van der Waals surface area (Å²) < 4.78 is 1.07. The van der Waals surface area contributed by atoms with Crippen molar-refractivity contribution in [1.29, 1.82) is 0 Å². The molecule has 0 spiro atoms. The van der Waals surface area contributed by atoms with Crippen molar-refractivity contribution in [1.82, 2.24) is 4.90 Å². The molecule has 16 heavy (non-hydrogen) atoms. The first-order valence-corrected chi connectivity index (χ1v) is 7.30. The van der Waals surface area contributed by atoms with Crippen LogP contribution >= 0.6 is 27.3 Å². The Morgan fingerprint density at radius 2 is 2.12 bits per heavy atom. The monoisotopic (exact) mass is 303 g/mol. The Morgan fingerprint density at radius 3 is 2.62 bits per heavy atom. The predicted molar refractivity (Wildman–Crippen MR) is 73.1 cm³/mol. The average molecular weight is 304 g/mol. The average Bonchev–Trinajstić information content (AvgIpc) is 2.65. The van der Waals surface area contributed by atoms with Gasteiger partial charge in [-0.1, -0.05) is 13.8 Å². The molecule has 0 saturated carbocycles. The molecule has 0 unspecified atom stereocenters. The highest BCUT2D eigenvalue weighted by Gasteiger charge is 2.07. The van der Waals surface area contributed by atoms with Gasteiger partial charge < -0.3 is 4.90 Å². The van der Waals surface area contributed by atoms with E-state index in [1.54, 1.807) is 11.3 Å². The summed E-state index contributed by atoms with van der Waals surface area (Å²) in [5.41, 5.74) is 0. The van der Waals surface area contributed by atoms with Crippen LogP contribution in [0.4, 0.5) is 0 Å².